The lowest BCUT2D eigenvalue weighted by molar-refractivity contribution is -0.116. The zero-order valence-corrected chi connectivity index (χ0v) is 13.1. The molecular weight excluding hydrogens is 292 g/mol. The van der Waals surface area contributed by atoms with Crippen LogP contribution in [0.15, 0.2) is 10.6 Å². The number of aromatic nitrogens is 1. The highest BCUT2D eigenvalue weighted by Crippen LogP contribution is 2.20. The highest BCUT2D eigenvalue weighted by Gasteiger charge is 2.29. The lowest BCUT2D eigenvalue weighted by atomic mass is 10.1. The summed E-state index contributed by atoms with van der Waals surface area (Å²) in [6.07, 6.45) is 4.28. The van der Waals surface area contributed by atoms with Crippen LogP contribution < -0.4 is 10.6 Å². The largest absolute Gasteiger partial charge is 0.360 e. The molecule has 2 fully saturated rings. The average Bonchev–Trinajstić information content (AvgIpc) is 2.94. The molecule has 2 atom stereocenters. The number of nitrogens with one attached hydrogen (secondary N) is 2. The molecule has 1 aromatic heterocycles. The molecule has 2 unspecified atom stereocenters. The average molecular weight is 315 g/mol. The van der Waals surface area contributed by atoms with E-state index in [0.717, 1.165) is 19.6 Å². The number of likely N-dealkylation sites (tertiary alicyclic amines) is 1. The van der Waals surface area contributed by atoms with E-state index in [2.05, 4.69) is 20.7 Å². The number of aryl methyl sites for hydroxylation is 1. The number of anilines is 1. The first-order chi connectivity index (χ1) is 9.69. The van der Waals surface area contributed by atoms with Crippen molar-refractivity contribution in [1.82, 2.24) is 15.4 Å². The van der Waals surface area contributed by atoms with E-state index in [9.17, 15) is 4.79 Å². The van der Waals surface area contributed by atoms with Crippen molar-refractivity contribution in [2.45, 2.75) is 44.7 Å². The molecule has 0 aliphatic carbocycles. The van der Waals surface area contributed by atoms with E-state index in [0.29, 0.717) is 30.1 Å². The quantitative estimate of drug-likeness (QED) is 0.882. The molecule has 21 heavy (non-hydrogen) atoms. The zero-order valence-electron chi connectivity index (χ0n) is 12.3. The first-order valence-corrected chi connectivity index (χ1v) is 7.40. The standard InChI is InChI=1S/C14H22N4O2.ClH/c1-10-8-13(17-20-10)16-14(19)5-7-18-6-4-11-2-3-12(9-18)15-11;/h8,11-12,15H,2-7,9H2,1H3,(H,16,17,19);1H. The van der Waals surface area contributed by atoms with Crippen molar-refractivity contribution in [3.63, 3.8) is 0 Å². The van der Waals surface area contributed by atoms with Crippen molar-refractivity contribution in [1.29, 1.82) is 0 Å². The predicted molar refractivity (Wildman–Crippen MR) is 82.7 cm³/mol. The summed E-state index contributed by atoms with van der Waals surface area (Å²) in [5, 5.41) is 10.2. The van der Waals surface area contributed by atoms with Gasteiger partial charge in [-0.05, 0) is 32.7 Å². The summed E-state index contributed by atoms with van der Waals surface area (Å²) < 4.78 is 4.93. The van der Waals surface area contributed by atoms with Crippen molar-refractivity contribution in [3.05, 3.63) is 11.8 Å². The Morgan fingerprint density at radius 1 is 1.48 bits per heavy atom. The molecule has 2 saturated heterocycles. The number of nitrogens with zero attached hydrogens (tertiary/aromatic N) is 2. The van der Waals surface area contributed by atoms with E-state index in [1.165, 1.54) is 19.3 Å². The third-order valence-electron chi connectivity index (χ3n) is 4.16. The molecule has 3 rings (SSSR count). The van der Waals surface area contributed by atoms with Gasteiger partial charge in [0.25, 0.3) is 0 Å². The Labute approximate surface area is 131 Å². The molecule has 2 N–H and O–H groups in total. The van der Waals surface area contributed by atoms with Gasteiger partial charge in [-0.3, -0.25) is 4.79 Å². The normalized spacial score (nSPS) is 25.2. The summed E-state index contributed by atoms with van der Waals surface area (Å²) in [4.78, 5) is 14.3. The second-order valence-electron chi connectivity index (χ2n) is 5.85. The van der Waals surface area contributed by atoms with Crippen LogP contribution in [0, 0.1) is 6.92 Å². The van der Waals surface area contributed by atoms with Gasteiger partial charge in [0.1, 0.15) is 5.76 Å². The minimum Gasteiger partial charge on any atom is -0.360 e. The third-order valence-corrected chi connectivity index (χ3v) is 4.16. The fraction of sp³-hybridized carbons (Fsp3) is 0.714. The Kier molecular flexibility index (Phi) is 5.61. The van der Waals surface area contributed by atoms with Gasteiger partial charge in [0.2, 0.25) is 5.91 Å². The number of carbonyl (C=O) groups excluding carboxylic acids is 1. The first-order valence-electron chi connectivity index (χ1n) is 7.40. The summed E-state index contributed by atoms with van der Waals surface area (Å²) in [6, 6.07) is 3.04. The van der Waals surface area contributed by atoms with Crippen molar-refractivity contribution in [2.75, 3.05) is 25.0 Å². The van der Waals surface area contributed by atoms with Crippen LogP contribution in [-0.4, -0.2) is 47.7 Å². The summed E-state index contributed by atoms with van der Waals surface area (Å²) in [6.45, 7) is 4.77. The van der Waals surface area contributed by atoms with Gasteiger partial charge in [0, 0.05) is 37.7 Å². The lowest BCUT2D eigenvalue weighted by Crippen LogP contribution is -2.36. The fourth-order valence-electron chi connectivity index (χ4n) is 3.11. The summed E-state index contributed by atoms with van der Waals surface area (Å²) in [7, 11) is 0. The second kappa shape index (κ2) is 7.24. The molecular formula is C14H23ClN4O2. The molecule has 1 amide bonds. The Morgan fingerprint density at radius 3 is 3.05 bits per heavy atom. The Hall–Kier alpha value is -1.11. The van der Waals surface area contributed by atoms with E-state index < -0.39 is 0 Å². The van der Waals surface area contributed by atoms with E-state index in [-0.39, 0.29) is 18.3 Å². The smallest absolute Gasteiger partial charge is 0.226 e. The lowest BCUT2D eigenvalue weighted by Gasteiger charge is -2.23. The third kappa shape index (κ3) is 4.43. The molecule has 6 nitrogen and oxygen atoms in total. The topological polar surface area (TPSA) is 70.4 Å². The Bertz CT molecular complexity index is 479. The second-order valence-corrected chi connectivity index (χ2v) is 5.85. The summed E-state index contributed by atoms with van der Waals surface area (Å²) >= 11 is 0. The van der Waals surface area contributed by atoms with Gasteiger partial charge in [-0.1, -0.05) is 5.16 Å². The predicted octanol–water partition coefficient (Wildman–Crippen LogP) is 1.56. The van der Waals surface area contributed by atoms with Crippen LogP contribution >= 0.6 is 12.4 Å². The maximum Gasteiger partial charge on any atom is 0.226 e. The molecule has 2 aliphatic rings. The maximum absolute atomic E-state index is 11.9. The molecule has 0 radical (unpaired) electrons. The molecule has 118 valence electrons. The van der Waals surface area contributed by atoms with Gasteiger partial charge in [-0.15, -0.1) is 12.4 Å². The molecule has 0 aromatic carbocycles. The molecule has 7 heteroatoms. The summed E-state index contributed by atoms with van der Waals surface area (Å²) in [5.74, 6) is 1.21. The summed E-state index contributed by atoms with van der Waals surface area (Å²) in [5.41, 5.74) is 0. The number of amides is 1. The number of halogens is 1. The van der Waals surface area contributed by atoms with Crippen molar-refractivity contribution >= 4 is 24.1 Å². The number of fused-ring (bicyclic) bond motifs is 2. The first kappa shape index (κ1) is 16.3. The van der Waals surface area contributed by atoms with Gasteiger partial charge in [-0.2, -0.15) is 0 Å². The highest BCUT2D eigenvalue weighted by molar-refractivity contribution is 5.89. The maximum atomic E-state index is 11.9. The molecule has 2 aliphatic heterocycles. The monoisotopic (exact) mass is 314 g/mol. The minimum absolute atomic E-state index is 0. The zero-order chi connectivity index (χ0) is 13.9. The van der Waals surface area contributed by atoms with Crippen LogP contribution in [0.4, 0.5) is 5.82 Å². The van der Waals surface area contributed by atoms with Gasteiger partial charge >= 0.3 is 0 Å². The van der Waals surface area contributed by atoms with E-state index >= 15 is 0 Å². The number of hydrogen-bond acceptors (Lipinski definition) is 5. The minimum atomic E-state index is 0. The molecule has 0 saturated carbocycles. The van der Waals surface area contributed by atoms with E-state index in [1.54, 1.807) is 6.07 Å². The van der Waals surface area contributed by atoms with Crippen molar-refractivity contribution in [2.24, 2.45) is 0 Å². The Balaban J connectivity index is 0.00000161. The van der Waals surface area contributed by atoms with Crippen LogP contribution in [0.5, 0.6) is 0 Å². The van der Waals surface area contributed by atoms with Gasteiger partial charge in [0.05, 0.1) is 0 Å². The number of rotatable bonds is 4. The number of carbonyl (C=O) groups is 1. The van der Waals surface area contributed by atoms with Crippen molar-refractivity contribution < 1.29 is 9.32 Å². The highest BCUT2D eigenvalue weighted by atomic mass is 35.5. The van der Waals surface area contributed by atoms with E-state index in [1.807, 2.05) is 6.92 Å². The SMILES string of the molecule is Cc1cc(NC(=O)CCN2CCC3CCC(C2)N3)no1.Cl. The molecule has 2 bridgehead atoms. The molecule has 0 spiro atoms. The van der Waals surface area contributed by atoms with Crippen LogP contribution in [0.1, 0.15) is 31.4 Å². The number of hydrogen-bond donors (Lipinski definition) is 2. The van der Waals surface area contributed by atoms with Crippen LogP contribution in [0.2, 0.25) is 0 Å². The molecule has 3 heterocycles. The molecule has 1 aromatic rings. The van der Waals surface area contributed by atoms with Gasteiger partial charge in [-0.25, -0.2) is 0 Å². The van der Waals surface area contributed by atoms with Gasteiger partial charge < -0.3 is 20.1 Å². The Morgan fingerprint density at radius 2 is 2.29 bits per heavy atom. The van der Waals surface area contributed by atoms with Crippen LogP contribution in [-0.2, 0) is 4.79 Å². The fourth-order valence-corrected chi connectivity index (χ4v) is 3.11. The van der Waals surface area contributed by atoms with Crippen molar-refractivity contribution in [3.8, 4) is 0 Å². The van der Waals surface area contributed by atoms with Gasteiger partial charge in [0.15, 0.2) is 5.82 Å². The van der Waals surface area contributed by atoms with E-state index in [4.69, 9.17) is 4.52 Å². The van der Waals surface area contributed by atoms with Crippen LogP contribution in [0.3, 0.4) is 0 Å². The van der Waals surface area contributed by atoms with Crippen LogP contribution in [0.25, 0.3) is 0 Å².